The summed E-state index contributed by atoms with van der Waals surface area (Å²) >= 11 is 0. The van der Waals surface area contributed by atoms with Crippen molar-refractivity contribution in [1.82, 2.24) is 15.1 Å². The molecule has 31 heavy (non-hydrogen) atoms. The predicted octanol–water partition coefficient (Wildman–Crippen LogP) is 4.35. The van der Waals surface area contributed by atoms with E-state index >= 15 is 0 Å². The number of fused-ring (bicyclic) bond motifs is 1. The van der Waals surface area contributed by atoms with E-state index < -0.39 is 0 Å². The number of nitrogens with zero attached hydrogens (tertiary/aromatic N) is 3. The molecule has 6 nitrogen and oxygen atoms in total. The minimum Gasteiger partial charge on any atom is -0.467 e. The van der Waals surface area contributed by atoms with Crippen LogP contribution in [-0.4, -0.2) is 21.7 Å². The van der Waals surface area contributed by atoms with E-state index in [0.717, 1.165) is 17.7 Å². The molecule has 0 bridgehead atoms. The molecule has 0 radical (unpaired) electrons. The van der Waals surface area contributed by atoms with Gasteiger partial charge in [0.25, 0.3) is 5.91 Å². The van der Waals surface area contributed by atoms with Crippen molar-refractivity contribution in [2.24, 2.45) is 0 Å². The number of benzene rings is 2. The van der Waals surface area contributed by atoms with Crippen molar-refractivity contribution in [1.29, 1.82) is 0 Å². The molecular formula is C25H24N4O2. The second-order valence-electron chi connectivity index (χ2n) is 7.87. The molecule has 156 valence electrons. The fourth-order valence-electron chi connectivity index (χ4n) is 4.16. The molecule has 0 spiro atoms. The van der Waals surface area contributed by atoms with Gasteiger partial charge in [0.2, 0.25) is 0 Å². The fraction of sp³-hybridized carbons (Fsp3) is 0.200. The van der Waals surface area contributed by atoms with Crippen molar-refractivity contribution >= 4 is 11.6 Å². The number of rotatable bonds is 6. The largest absolute Gasteiger partial charge is 0.467 e. The third-order valence-electron chi connectivity index (χ3n) is 5.81. The summed E-state index contributed by atoms with van der Waals surface area (Å²) in [6, 6.07) is 20.4. The van der Waals surface area contributed by atoms with Gasteiger partial charge in [-0.3, -0.25) is 4.79 Å². The summed E-state index contributed by atoms with van der Waals surface area (Å²) in [4.78, 5) is 15.2. The second kappa shape index (κ2) is 8.14. The maximum atomic E-state index is 12.9. The summed E-state index contributed by atoms with van der Waals surface area (Å²) < 4.78 is 7.51. The molecule has 3 heterocycles. The van der Waals surface area contributed by atoms with Crippen LogP contribution in [0.3, 0.4) is 0 Å². The van der Waals surface area contributed by atoms with Crippen LogP contribution in [0.25, 0.3) is 5.69 Å². The van der Waals surface area contributed by atoms with Gasteiger partial charge in [0.1, 0.15) is 5.76 Å². The molecule has 0 saturated carbocycles. The zero-order valence-corrected chi connectivity index (χ0v) is 17.4. The van der Waals surface area contributed by atoms with Gasteiger partial charge in [0.05, 0.1) is 24.1 Å². The Labute approximate surface area is 181 Å². The Hall–Kier alpha value is -3.80. The summed E-state index contributed by atoms with van der Waals surface area (Å²) in [5, 5.41) is 7.24. The van der Waals surface area contributed by atoms with E-state index in [9.17, 15) is 4.79 Å². The summed E-state index contributed by atoms with van der Waals surface area (Å²) in [7, 11) is 0. The highest BCUT2D eigenvalue weighted by Gasteiger charge is 2.27. The van der Waals surface area contributed by atoms with E-state index in [2.05, 4.69) is 46.5 Å². The van der Waals surface area contributed by atoms with Gasteiger partial charge in [0, 0.05) is 30.7 Å². The zero-order valence-electron chi connectivity index (χ0n) is 17.4. The van der Waals surface area contributed by atoms with Gasteiger partial charge < -0.3 is 14.6 Å². The van der Waals surface area contributed by atoms with Crippen LogP contribution < -0.4 is 10.2 Å². The van der Waals surface area contributed by atoms with E-state index in [1.807, 2.05) is 36.5 Å². The van der Waals surface area contributed by atoms with E-state index in [1.54, 1.807) is 23.2 Å². The number of anilines is 1. The Morgan fingerprint density at radius 1 is 1.13 bits per heavy atom. The molecule has 2 aromatic carbocycles. The molecule has 1 aliphatic heterocycles. The van der Waals surface area contributed by atoms with Gasteiger partial charge in [-0.15, -0.1) is 0 Å². The smallest absolute Gasteiger partial charge is 0.255 e. The lowest BCUT2D eigenvalue weighted by molar-refractivity contribution is 0.0949. The van der Waals surface area contributed by atoms with Gasteiger partial charge in [-0.25, -0.2) is 4.68 Å². The maximum absolute atomic E-state index is 12.9. The minimum absolute atomic E-state index is 0.125. The first-order chi connectivity index (χ1) is 15.2. The second-order valence-corrected chi connectivity index (χ2v) is 7.87. The number of para-hydroxylation sites is 1. The number of hydrogen-bond donors (Lipinski definition) is 1. The van der Waals surface area contributed by atoms with Crippen molar-refractivity contribution in [3.63, 3.8) is 0 Å². The molecule has 5 rings (SSSR count). The van der Waals surface area contributed by atoms with Crippen LogP contribution in [0.15, 0.2) is 83.7 Å². The van der Waals surface area contributed by atoms with Crippen LogP contribution >= 0.6 is 0 Å². The molecule has 1 amide bonds. The van der Waals surface area contributed by atoms with Crippen molar-refractivity contribution in [2.45, 2.75) is 32.5 Å². The molecular weight excluding hydrogens is 388 g/mol. The number of furan rings is 1. The van der Waals surface area contributed by atoms with Crippen LogP contribution in [0.1, 0.15) is 34.2 Å². The molecule has 0 saturated heterocycles. The highest BCUT2D eigenvalue weighted by molar-refractivity contribution is 5.95. The van der Waals surface area contributed by atoms with Crippen LogP contribution in [0.4, 0.5) is 5.69 Å². The maximum Gasteiger partial charge on any atom is 0.255 e. The van der Waals surface area contributed by atoms with E-state index in [0.29, 0.717) is 30.5 Å². The molecule has 0 fully saturated rings. The van der Waals surface area contributed by atoms with Crippen molar-refractivity contribution in [3.8, 4) is 5.69 Å². The lowest BCUT2D eigenvalue weighted by Crippen LogP contribution is -2.30. The summed E-state index contributed by atoms with van der Waals surface area (Å²) in [5.41, 5.74) is 5.15. The normalized spacial score (nSPS) is 15.1. The molecule has 6 heteroatoms. The topological polar surface area (TPSA) is 63.3 Å². The average molecular weight is 412 g/mol. The third kappa shape index (κ3) is 3.84. The zero-order chi connectivity index (χ0) is 21.2. The number of amides is 1. The fourth-order valence-corrected chi connectivity index (χ4v) is 4.16. The van der Waals surface area contributed by atoms with Gasteiger partial charge in [-0.1, -0.05) is 30.3 Å². The standard InChI is InChI=1S/C25H24N4O2/c1-18-15-20-5-2-3-6-23(20)28(18)17-24-22(11-14-31-24)25(30)26-16-19-7-9-21(10-8-19)29-13-4-12-27-29/h2-14,18H,15-17H2,1H3,(H,26,30). The Morgan fingerprint density at radius 3 is 2.77 bits per heavy atom. The summed E-state index contributed by atoms with van der Waals surface area (Å²) in [6.07, 6.45) is 6.25. The van der Waals surface area contributed by atoms with Crippen LogP contribution in [0.2, 0.25) is 0 Å². The van der Waals surface area contributed by atoms with Gasteiger partial charge in [-0.05, 0) is 54.8 Å². The monoisotopic (exact) mass is 412 g/mol. The van der Waals surface area contributed by atoms with E-state index in [1.165, 1.54) is 11.3 Å². The summed E-state index contributed by atoms with van der Waals surface area (Å²) in [5.74, 6) is 0.565. The Morgan fingerprint density at radius 2 is 1.97 bits per heavy atom. The third-order valence-corrected chi connectivity index (χ3v) is 5.81. The molecule has 0 aliphatic carbocycles. The highest BCUT2D eigenvalue weighted by Crippen LogP contribution is 2.33. The summed E-state index contributed by atoms with van der Waals surface area (Å²) in [6.45, 7) is 3.23. The van der Waals surface area contributed by atoms with Gasteiger partial charge >= 0.3 is 0 Å². The minimum atomic E-state index is -0.125. The number of aromatic nitrogens is 2. The lowest BCUT2D eigenvalue weighted by Gasteiger charge is -2.24. The molecule has 2 aromatic heterocycles. The van der Waals surface area contributed by atoms with Crippen molar-refractivity contribution in [2.75, 3.05) is 4.90 Å². The first kappa shape index (κ1) is 19.2. The first-order valence-electron chi connectivity index (χ1n) is 10.5. The number of hydrogen-bond acceptors (Lipinski definition) is 4. The van der Waals surface area contributed by atoms with E-state index in [4.69, 9.17) is 4.42 Å². The molecule has 1 atom stereocenters. The molecule has 4 aromatic rings. The SMILES string of the molecule is CC1Cc2ccccc2N1Cc1occc1C(=O)NCc1ccc(-n2cccn2)cc1. The average Bonchev–Trinajstić information content (AvgIpc) is 3.54. The number of carbonyl (C=O) groups excluding carboxylic acids is 1. The Bertz CT molecular complexity index is 1180. The predicted molar refractivity (Wildman–Crippen MR) is 119 cm³/mol. The van der Waals surface area contributed by atoms with Gasteiger partial charge in [0.15, 0.2) is 0 Å². The molecule has 1 aliphatic rings. The number of carbonyl (C=O) groups is 1. The van der Waals surface area contributed by atoms with E-state index in [-0.39, 0.29) is 5.91 Å². The highest BCUT2D eigenvalue weighted by atomic mass is 16.3. The van der Waals surface area contributed by atoms with Crippen LogP contribution in [0, 0.1) is 0 Å². The molecule has 1 unspecified atom stereocenters. The van der Waals surface area contributed by atoms with Crippen molar-refractivity contribution in [3.05, 3.63) is 102 Å². The lowest BCUT2D eigenvalue weighted by atomic mass is 10.1. The quantitative estimate of drug-likeness (QED) is 0.512. The first-order valence-corrected chi connectivity index (χ1v) is 10.5. The molecule has 1 N–H and O–H groups in total. The van der Waals surface area contributed by atoms with Gasteiger partial charge in [-0.2, -0.15) is 5.10 Å². The Balaban J connectivity index is 1.25. The van der Waals surface area contributed by atoms with Crippen molar-refractivity contribution < 1.29 is 9.21 Å². The Kier molecular flexibility index (Phi) is 5.04. The van der Waals surface area contributed by atoms with Crippen LogP contribution in [0.5, 0.6) is 0 Å². The number of nitrogens with one attached hydrogen (secondary N) is 1. The van der Waals surface area contributed by atoms with Crippen LogP contribution in [-0.2, 0) is 19.5 Å².